The van der Waals surface area contributed by atoms with Gasteiger partial charge < -0.3 is 9.84 Å². The summed E-state index contributed by atoms with van der Waals surface area (Å²) in [5.41, 5.74) is 1.38. The number of carbonyl (C=O) groups excluding carboxylic acids is 1. The van der Waals surface area contributed by atoms with Crippen molar-refractivity contribution in [2.24, 2.45) is 0 Å². The maximum Gasteiger partial charge on any atom is 0.416 e. The van der Waals surface area contributed by atoms with Gasteiger partial charge in [-0.2, -0.15) is 13.2 Å². The van der Waals surface area contributed by atoms with Crippen LogP contribution in [0.2, 0.25) is 0 Å². The van der Waals surface area contributed by atoms with Gasteiger partial charge in [-0.1, -0.05) is 6.07 Å². The molecule has 7 nitrogen and oxygen atoms in total. The molecule has 0 bridgehead atoms. The summed E-state index contributed by atoms with van der Waals surface area (Å²) in [6.45, 7) is 1.75. The van der Waals surface area contributed by atoms with E-state index < -0.39 is 29.4 Å². The summed E-state index contributed by atoms with van der Waals surface area (Å²) in [7, 11) is 0. The Morgan fingerprint density at radius 3 is 2.32 bits per heavy atom. The summed E-state index contributed by atoms with van der Waals surface area (Å²) < 4.78 is 46.1. The Hall–Kier alpha value is -3.92. The number of anilines is 1. The van der Waals surface area contributed by atoms with Crippen molar-refractivity contribution in [3.05, 3.63) is 83.7 Å². The first kappa shape index (κ1) is 24.8. The number of nitrogens with zero attached hydrogens (tertiary/aromatic N) is 3. The quantitative estimate of drug-likeness (QED) is 0.490. The van der Waals surface area contributed by atoms with E-state index >= 15 is 0 Å². The van der Waals surface area contributed by atoms with Gasteiger partial charge in [-0.25, -0.2) is 9.59 Å². The molecule has 2 aliphatic rings. The zero-order valence-electron chi connectivity index (χ0n) is 19.7. The van der Waals surface area contributed by atoms with Crippen LogP contribution in [-0.2, 0) is 17.5 Å². The van der Waals surface area contributed by atoms with E-state index in [4.69, 9.17) is 9.84 Å². The molecule has 5 rings (SSSR count). The third-order valence-electron chi connectivity index (χ3n) is 6.98. The minimum absolute atomic E-state index is 0.125. The number of hydrogen-bond acceptors (Lipinski definition) is 5. The van der Waals surface area contributed by atoms with E-state index in [1.807, 2.05) is 0 Å². The molecule has 3 aromatic rings. The number of piperidine rings is 1. The smallest absolute Gasteiger partial charge is 0.416 e. The second kappa shape index (κ2) is 9.51. The fraction of sp³-hybridized carbons (Fsp3) is 0.296. The van der Waals surface area contributed by atoms with E-state index in [1.165, 1.54) is 29.2 Å². The number of benzene rings is 2. The molecule has 1 spiro atoms. The van der Waals surface area contributed by atoms with E-state index in [1.54, 1.807) is 36.7 Å². The van der Waals surface area contributed by atoms with Crippen molar-refractivity contribution in [1.29, 1.82) is 0 Å². The fourth-order valence-electron chi connectivity index (χ4n) is 4.94. The summed E-state index contributed by atoms with van der Waals surface area (Å²) in [6.07, 6.45) is -0.651. The van der Waals surface area contributed by atoms with Crippen LogP contribution >= 0.6 is 0 Å². The number of carbonyl (C=O) groups is 2. The lowest BCUT2D eigenvalue weighted by Gasteiger charge is -2.37. The molecule has 0 saturated carbocycles. The predicted octanol–water partition coefficient (Wildman–Crippen LogP) is 5.46. The second-order valence-electron chi connectivity index (χ2n) is 9.37. The van der Waals surface area contributed by atoms with Crippen LogP contribution in [0.1, 0.15) is 34.3 Å². The summed E-state index contributed by atoms with van der Waals surface area (Å²) in [5.74, 6) is -1.05. The molecule has 3 heterocycles. The van der Waals surface area contributed by atoms with E-state index in [9.17, 15) is 22.8 Å². The number of amides is 1. The highest BCUT2D eigenvalue weighted by atomic mass is 19.4. The Morgan fingerprint density at radius 1 is 1.03 bits per heavy atom. The topological polar surface area (TPSA) is 83.0 Å². The average molecular weight is 512 g/mol. The highest BCUT2D eigenvalue weighted by molar-refractivity contribution is 5.92. The Kier molecular flexibility index (Phi) is 6.36. The molecule has 2 fully saturated rings. The fourth-order valence-corrected chi connectivity index (χ4v) is 4.94. The first-order chi connectivity index (χ1) is 17.6. The summed E-state index contributed by atoms with van der Waals surface area (Å²) in [6, 6.07) is 13.4. The van der Waals surface area contributed by atoms with Crippen LogP contribution in [-0.4, -0.2) is 52.3 Å². The van der Waals surface area contributed by atoms with Gasteiger partial charge in [0.2, 0.25) is 0 Å². The number of carboxylic acid groups (broad SMARTS) is 1. The number of aromatic carboxylic acids is 1. The number of aromatic nitrogens is 1. The average Bonchev–Trinajstić information content (AvgIpc) is 3.21. The van der Waals surface area contributed by atoms with Crippen LogP contribution in [0.25, 0.3) is 11.1 Å². The molecular weight excluding hydrogens is 487 g/mol. The lowest BCUT2D eigenvalue weighted by molar-refractivity contribution is -0.137. The summed E-state index contributed by atoms with van der Waals surface area (Å²) in [4.78, 5) is 31.3. The number of rotatable bonds is 5. The molecule has 1 N–H and O–H groups in total. The molecule has 1 aromatic heterocycles. The monoisotopic (exact) mass is 511 g/mol. The third kappa shape index (κ3) is 5.15. The number of carboxylic acids is 1. The Morgan fingerprint density at radius 2 is 1.70 bits per heavy atom. The van der Waals surface area contributed by atoms with Crippen LogP contribution in [0.4, 0.5) is 23.7 Å². The first-order valence-electron chi connectivity index (χ1n) is 11.8. The molecule has 2 saturated heterocycles. The zero-order chi connectivity index (χ0) is 26.2. The molecular formula is C27H24F3N3O4. The van der Waals surface area contributed by atoms with Gasteiger partial charge in [0.15, 0.2) is 0 Å². The number of halogens is 3. The largest absolute Gasteiger partial charge is 0.478 e. The van der Waals surface area contributed by atoms with Crippen molar-refractivity contribution in [2.75, 3.05) is 24.5 Å². The van der Waals surface area contributed by atoms with Crippen LogP contribution in [0.15, 0.2) is 67.0 Å². The van der Waals surface area contributed by atoms with Crippen molar-refractivity contribution >= 4 is 17.7 Å². The second-order valence-corrected chi connectivity index (χ2v) is 9.37. The predicted molar refractivity (Wildman–Crippen MR) is 129 cm³/mol. The third-order valence-corrected chi connectivity index (χ3v) is 6.98. The SMILES string of the molecule is O=C(O)c1ccc(N2CC3(CCN(Cc4cc(C(F)(F)F)ccc4-c4ccncc4)CC3)OC2=O)cc1. The number of ether oxygens (including phenoxy) is 1. The van der Waals surface area contributed by atoms with Crippen molar-refractivity contribution < 1.29 is 32.6 Å². The summed E-state index contributed by atoms with van der Waals surface area (Å²) in [5, 5.41) is 9.09. The van der Waals surface area contributed by atoms with E-state index in [0.717, 1.165) is 17.2 Å². The molecule has 1 amide bonds. The Balaban J connectivity index is 1.30. The van der Waals surface area contributed by atoms with Gasteiger partial charge in [0.1, 0.15) is 5.60 Å². The molecule has 0 atom stereocenters. The van der Waals surface area contributed by atoms with Gasteiger partial charge in [-0.05, 0) is 65.2 Å². The van der Waals surface area contributed by atoms with E-state index in [-0.39, 0.29) is 5.56 Å². The van der Waals surface area contributed by atoms with Crippen LogP contribution in [0.5, 0.6) is 0 Å². The maximum atomic E-state index is 13.4. The minimum atomic E-state index is -4.44. The van der Waals surface area contributed by atoms with Gasteiger partial charge in [0, 0.05) is 50.6 Å². The van der Waals surface area contributed by atoms with Crippen LogP contribution in [0, 0.1) is 0 Å². The molecule has 0 unspecified atom stereocenters. The van der Waals surface area contributed by atoms with Gasteiger partial charge in [-0.15, -0.1) is 0 Å². The van der Waals surface area contributed by atoms with Crippen molar-refractivity contribution in [2.45, 2.75) is 31.2 Å². The molecule has 0 aliphatic carbocycles. The van der Waals surface area contributed by atoms with Gasteiger partial charge in [-0.3, -0.25) is 14.8 Å². The molecule has 2 aromatic carbocycles. The van der Waals surface area contributed by atoms with Gasteiger partial charge in [0.05, 0.1) is 17.7 Å². The highest BCUT2D eigenvalue weighted by Gasteiger charge is 2.47. The number of likely N-dealkylation sites (tertiary alicyclic amines) is 1. The normalized spacial score (nSPS) is 17.7. The number of pyridine rings is 1. The van der Waals surface area contributed by atoms with E-state index in [0.29, 0.717) is 50.3 Å². The van der Waals surface area contributed by atoms with Gasteiger partial charge >= 0.3 is 18.2 Å². The van der Waals surface area contributed by atoms with Gasteiger partial charge in [0.25, 0.3) is 0 Å². The van der Waals surface area contributed by atoms with Crippen molar-refractivity contribution in [1.82, 2.24) is 9.88 Å². The number of alkyl halides is 3. The Labute approximate surface area is 211 Å². The molecule has 10 heteroatoms. The summed E-state index contributed by atoms with van der Waals surface area (Å²) >= 11 is 0. The standard InChI is InChI=1S/C27H24F3N3O4/c28-27(29,30)21-3-6-23(18-7-11-31-12-8-18)20(15-21)16-32-13-9-26(10-14-32)17-33(25(36)37-26)22-4-1-19(2-5-22)24(34)35/h1-8,11-12,15H,9-10,13-14,16-17H2,(H,34,35). The Bertz CT molecular complexity index is 1300. The number of hydrogen-bond donors (Lipinski definition) is 1. The van der Waals surface area contributed by atoms with Crippen molar-refractivity contribution in [3.63, 3.8) is 0 Å². The first-order valence-corrected chi connectivity index (χ1v) is 11.8. The molecule has 2 aliphatic heterocycles. The maximum absolute atomic E-state index is 13.4. The minimum Gasteiger partial charge on any atom is -0.478 e. The lowest BCUT2D eigenvalue weighted by Crippen LogP contribution is -2.46. The van der Waals surface area contributed by atoms with Crippen LogP contribution in [0.3, 0.4) is 0 Å². The molecule has 37 heavy (non-hydrogen) atoms. The van der Waals surface area contributed by atoms with Crippen molar-refractivity contribution in [3.8, 4) is 11.1 Å². The van der Waals surface area contributed by atoms with E-state index in [2.05, 4.69) is 9.88 Å². The molecule has 192 valence electrons. The van der Waals surface area contributed by atoms with Crippen LogP contribution < -0.4 is 4.90 Å². The molecule has 0 radical (unpaired) electrons. The highest BCUT2D eigenvalue weighted by Crippen LogP contribution is 2.38. The lowest BCUT2D eigenvalue weighted by atomic mass is 9.90. The zero-order valence-corrected chi connectivity index (χ0v) is 19.7.